The molecule has 3 aliphatic carbocycles. The van der Waals surface area contributed by atoms with Gasteiger partial charge in [0.15, 0.2) is 0 Å². The van der Waals surface area contributed by atoms with Crippen LogP contribution in [0.2, 0.25) is 0 Å². The number of alkyl halides is 1. The Morgan fingerprint density at radius 1 is 1.04 bits per heavy atom. The molecular weight excluding hydrogens is 368 g/mol. The zero-order valence-electron chi connectivity index (χ0n) is 15.5. The molecule has 4 heteroatoms. The molecule has 138 valence electrons. The van der Waals surface area contributed by atoms with E-state index in [2.05, 4.69) is 29.8 Å². The van der Waals surface area contributed by atoms with E-state index in [-0.39, 0.29) is 10.2 Å². The minimum atomic E-state index is -0.979. The van der Waals surface area contributed by atoms with E-state index in [1.54, 1.807) is 6.92 Å². The predicted molar refractivity (Wildman–Crippen MR) is 100 cm³/mol. The molecule has 0 heterocycles. The van der Waals surface area contributed by atoms with Crippen molar-refractivity contribution >= 4 is 15.9 Å². The summed E-state index contributed by atoms with van der Waals surface area (Å²) in [5.74, 6) is 0.893. The highest BCUT2D eigenvalue weighted by Gasteiger charge is 2.53. The second-order valence-corrected chi connectivity index (χ2v) is 10.6. The Balaban J connectivity index is 1.87. The van der Waals surface area contributed by atoms with Crippen LogP contribution in [-0.2, 0) is 0 Å². The van der Waals surface area contributed by atoms with Gasteiger partial charge >= 0.3 is 0 Å². The molecule has 0 aromatic rings. The molecule has 0 saturated heterocycles. The number of hydrogen-bond donors (Lipinski definition) is 3. The van der Waals surface area contributed by atoms with Crippen LogP contribution in [0.4, 0.5) is 0 Å². The van der Waals surface area contributed by atoms with Crippen molar-refractivity contribution in [2.24, 2.45) is 17.3 Å². The molecule has 0 aromatic carbocycles. The minimum Gasteiger partial charge on any atom is -0.390 e. The van der Waals surface area contributed by atoms with Crippen molar-refractivity contribution in [2.45, 2.75) is 94.8 Å². The van der Waals surface area contributed by atoms with Gasteiger partial charge in [0.05, 0.1) is 17.3 Å². The van der Waals surface area contributed by atoms with Gasteiger partial charge in [-0.25, -0.2) is 0 Å². The topological polar surface area (TPSA) is 60.7 Å². The summed E-state index contributed by atoms with van der Waals surface area (Å²) in [4.78, 5) is 0.128. The number of rotatable bonds is 1. The van der Waals surface area contributed by atoms with Gasteiger partial charge in [-0.2, -0.15) is 0 Å². The monoisotopic (exact) mass is 400 g/mol. The van der Waals surface area contributed by atoms with Crippen LogP contribution in [0.5, 0.6) is 0 Å². The summed E-state index contributed by atoms with van der Waals surface area (Å²) in [5, 5.41) is 31.6. The van der Waals surface area contributed by atoms with Crippen LogP contribution >= 0.6 is 15.9 Å². The van der Waals surface area contributed by atoms with Gasteiger partial charge in [-0.3, -0.25) is 0 Å². The fraction of sp³-hybridized carbons (Fsp3) is 0.900. The zero-order chi connectivity index (χ0) is 17.9. The van der Waals surface area contributed by atoms with Gasteiger partial charge in [0.1, 0.15) is 0 Å². The number of hydrogen-bond acceptors (Lipinski definition) is 3. The minimum absolute atomic E-state index is 0.128. The number of aliphatic hydroxyl groups is 3. The first-order chi connectivity index (χ1) is 11.0. The molecule has 0 spiro atoms. The van der Waals surface area contributed by atoms with Gasteiger partial charge in [0.2, 0.25) is 0 Å². The van der Waals surface area contributed by atoms with Gasteiger partial charge in [0, 0.05) is 4.83 Å². The molecular formula is C20H33BrO3. The summed E-state index contributed by atoms with van der Waals surface area (Å²) in [6.07, 6.45) is 5.49. The molecule has 0 radical (unpaired) electrons. The van der Waals surface area contributed by atoms with Crippen LogP contribution in [0.15, 0.2) is 11.1 Å². The van der Waals surface area contributed by atoms with E-state index in [0.29, 0.717) is 24.7 Å². The van der Waals surface area contributed by atoms with E-state index in [0.717, 1.165) is 32.1 Å². The first-order valence-corrected chi connectivity index (χ1v) is 10.3. The number of allylic oxidation sites excluding steroid dienone is 2. The van der Waals surface area contributed by atoms with Gasteiger partial charge in [-0.15, -0.1) is 0 Å². The third-order valence-electron chi connectivity index (χ3n) is 7.59. The lowest BCUT2D eigenvalue weighted by atomic mass is 9.60. The Hall–Kier alpha value is 0.100. The van der Waals surface area contributed by atoms with E-state index in [4.69, 9.17) is 0 Å². The average molecular weight is 401 g/mol. The largest absolute Gasteiger partial charge is 0.390 e. The molecule has 3 unspecified atom stereocenters. The van der Waals surface area contributed by atoms with E-state index in [9.17, 15) is 15.3 Å². The molecule has 0 aliphatic heterocycles. The Morgan fingerprint density at radius 3 is 2.33 bits per heavy atom. The van der Waals surface area contributed by atoms with Crippen LogP contribution in [0.3, 0.4) is 0 Å². The van der Waals surface area contributed by atoms with Crippen LogP contribution in [0.25, 0.3) is 0 Å². The summed E-state index contributed by atoms with van der Waals surface area (Å²) < 4.78 is 0. The van der Waals surface area contributed by atoms with Crippen molar-refractivity contribution in [3.8, 4) is 0 Å². The Bertz CT molecular complexity index is 539. The molecule has 24 heavy (non-hydrogen) atoms. The lowest BCUT2D eigenvalue weighted by Crippen LogP contribution is -2.47. The van der Waals surface area contributed by atoms with Crippen LogP contribution in [-0.4, -0.2) is 37.5 Å². The summed E-state index contributed by atoms with van der Waals surface area (Å²) in [5.41, 5.74) is 1.48. The van der Waals surface area contributed by atoms with Gasteiger partial charge in [-0.1, -0.05) is 34.0 Å². The first kappa shape index (κ1) is 18.9. The molecule has 3 rings (SSSR count). The quantitative estimate of drug-likeness (QED) is 0.461. The SMILES string of the molecule is CC1=C2CCC(C)(O)[C@@H](O)CC2[C@](C)(C2CC[C@](C)(O)[C@H](Br)C2)C1. The molecule has 2 fully saturated rings. The van der Waals surface area contributed by atoms with Gasteiger partial charge in [0.25, 0.3) is 0 Å². The zero-order valence-corrected chi connectivity index (χ0v) is 17.1. The molecule has 0 aromatic heterocycles. The highest BCUT2D eigenvalue weighted by molar-refractivity contribution is 9.09. The summed E-state index contributed by atoms with van der Waals surface area (Å²) >= 11 is 3.72. The number of fused-ring (bicyclic) bond motifs is 1. The molecule has 7 atom stereocenters. The normalized spacial score (nSPS) is 53.0. The van der Waals surface area contributed by atoms with Crippen molar-refractivity contribution in [3.05, 3.63) is 11.1 Å². The third-order valence-corrected chi connectivity index (χ3v) is 8.95. The van der Waals surface area contributed by atoms with E-state index in [1.807, 2.05) is 6.92 Å². The molecule has 0 bridgehead atoms. The second kappa shape index (κ2) is 6.07. The molecule has 3 aliphatic rings. The maximum absolute atomic E-state index is 10.6. The van der Waals surface area contributed by atoms with Crippen LogP contribution in [0, 0.1) is 17.3 Å². The average Bonchev–Trinajstić information content (AvgIpc) is 2.63. The molecule has 2 saturated carbocycles. The van der Waals surface area contributed by atoms with E-state index >= 15 is 0 Å². The highest BCUT2D eigenvalue weighted by atomic mass is 79.9. The lowest BCUT2D eigenvalue weighted by molar-refractivity contribution is -0.0778. The summed E-state index contributed by atoms with van der Waals surface area (Å²) in [6, 6.07) is 0. The Morgan fingerprint density at radius 2 is 1.71 bits per heavy atom. The van der Waals surface area contributed by atoms with Crippen molar-refractivity contribution in [2.75, 3.05) is 0 Å². The van der Waals surface area contributed by atoms with E-state index in [1.165, 1.54) is 11.1 Å². The smallest absolute Gasteiger partial charge is 0.0880 e. The second-order valence-electron chi connectivity index (χ2n) is 9.45. The van der Waals surface area contributed by atoms with Crippen molar-refractivity contribution < 1.29 is 15.3 Å². The van der Waals surface area contributed by atoms with E-state index < -0.39 is 17.3 Å². The predicted octanol–water partition coefficient (Wildman–Crippen LogP) is 3.94. The van der Waals surface area contributed by atoms with Gasteiger partial charge < -0.3 is 15.3 Å². The molecule has 3 N–H and O–H groups in total. The standard InChI is InChI=1S/C20H33BrO3/c1-12-11-18(2,13-5-7-19(3,23)16(21)9-13)15-10-17(22)20(4,24)8-6-14(12)15/h13,15-17,22-24H,5-11H2,1-4H3/t13?,15?,16-,17+,18+,19+,20?/m1/s1. The van der Waals surface area contributed by atoms with Crippen molar-refractivity contribution in [3.63, 3.8) is 0 Å². The van der Waals surface area contributed by atoms with Crippen LogP contribution < -0.4 is 0 Å². The van der Waals surface area contributed by atoms with Gasteiger partial charge in [-0.05, 0) is 83.0 Å². The van der Waals surface area contributed by atoms with Crippen molar-refractivity contribution in [1.82, 2.24) is 0 Å². The number of halogens is 1. The fourth-order valence-corrected chi connectivity index (χ4v) is 6.29. The Kier molecular flexibility index (Phi) is 4.78. The summed E-state index contributed by atoms with van der Waals surface area (Å²) in [6.45, 7) is 8.33. The highest BCUT2D eigenvalue weighted by Crippen LogP contribution is 2.60. The first-order valence-electron chi connectivity index (χ1n) is 9.43. The maximum atomic E-state index is 10.6. The number of aliphatic hydroxyl groups excluding tert-OH is 1. The fourth-order valence-electron chi connectivity index (χ4n) is 5.61. The van der Waals surface area contributed by atoms with Crippen molar-refractivity contribution in [1.29, 1.82) is 0 Å². The molecule has 0 amide bonds. The lowest BCUT2D eigenvalue weighted by Gasteiger charge is -2.48. The molecule has 3 nitrogen and oxygen atoms in total. The third kappa shape index (κ3) is 3.02. The summed E-state index contributed by atoms with van der Waals surface area (Å²) in [7, 11) is 0. The maximum Gasteiger partial charge on any atom is 0.0880 e. The Labute approximate surface area is 154 Å². The van der Waals surface area contributed by atoms with Crippen LogP contribution in [0.1, 0.15) is 72.6 Å².